The van der Waals surface area contributed by atoms with Crippen LogP contribution in [0.15, 0.2) is 42.5 Å². The quantitative estimate of drug-likeness (QED) is 0.0909. The zero-order chi connectivity index (χ0) is 41.1. The molecule has 298 valence electrons. The lowest BCUT2D eigenvalue weighted by atomic mass is 9.93. The summed E-state index contributed by atoms with van der Waals surface area (Å²) in [4.78, 5) is 31.3. The smallest absolute Gasteiger partial charge is 0.293 e. The van der Waals surface area contributed by atoms with Gasteiger partial charge in [-0.3, -0.25) is 19.0 Å². The molecule has 5 aromatic rings. The third-order valence-corrected chi connectivity index (χ3v) is 10.0. The molecule has 3 aromatic heterocycles. The molecule has 0 bridgehead atoms. The van der Waals surface area contributed by atoms with Gasteiger partial charge in [0.2, 0.25) is 11.8 Å². The minimum absolute atomic E-state index is 0.0256. The number of pyridine rings is 1. The number of alkyl halides is 4. The molecule has 1 fully saturated rings. The predicted molar refractivity (Wildman–Crippen MR) is 198 cm³/mol. The molecule has 2 aliphatic carbocycles. The molecule has 11 nitrogen and oxygen atoms in total. The molecule has 7 rings (SSSR count). The van der Waals surface area contributed by atoms with Crippen molar-refractivity contribution in [3.8, 4) is 23.0 Å². The molecule has 2 aromatic carbocycles. The van der Waals surface area contributed by atoms with Gasteiger partial charge in [0.25, 0.3) is 12.3 Å². The number of halogens is 7. The first kappa shape index (κ1) is 39.8. The van der Waals surface area contributed by atoms with Gasteiger partial charge in [-0.15, -0.1) is 0 Å². The summed E-state index contributed by atoms with van der Waals surface area (Å²) in [5.74, 6) is -3.02. The molecule has 57 heavy (non-hydrogen) atoms. The summed E-state index contributed by atoms with van der Waals surface area (Å²) in [5.41, 5.74) is -1.80. The number of benzene rings is 2. The third kappa shape index (κ3) is 7.81. The fourth-order valence-electron chi connectivity index (χ4n) is 7.41. The number of fused-ring (bicyclic) bond motifs is 4. The van der Waals surface area contributed by atoms with Gasteiger partial charge in [0.1, 0.15) is 40.9 Å². The molecule has 18 heteroatoms. The number of carbonyl (C=O) groups is 2. The lowest BCUT2D eigenvalue weighted by Gasteiger charge is -2.23. The number of likely N-dealkylation sites (N-methyl/N-ethyl adjacent to an activating group) is 1. The van der Waals surface area contributed by atoms with Crippen molar-refractivity contribution in [1.82, 2.24) is 35.2 Å². The summed E-state index contributed by atoms with van der Waals surface area (Å²) in [5, 5.41) is 27.4. The summed E-state index contributed by atoms with van der Waals surface area (Å²) in [6.45, 7) is 1.99. The van der Waals surface area contributed by atoms with E-state index in [-0.39, 0.29) is 52.7 Å². The second-order valence-electron chi connectivity index (χ2n) is 14.6. The molecule has 3 atom stereocenters. The molecule has 2 aliphatic rings. The Labute approximate surface area is 326 Å². The van der Waals surface area contributed by atoms with Crippen LogP contribution in [0.1, 0.15) is 72.6 Å². The summed E-state index contributed by atoms with van der Waals surface area (Å²) in [6.07, 6.45) is -3.44. The number of hydrogen-bond donors (Lipinski definition) is 4. The van der Waals surface area contributed by atoms with Crippen LogP contribution in [-0.4, -0.2) is 60.7 Å². The maximum absolute atomic E-state index is 15.4. The van der Waals surface area contributed by atoms with Crippen molar-refractivity contribution in [2.45, 2.75) is 63.1 Å². The fourth-order valence-corrected chi connectivity index (χ4v) is 7.65. The zero-order valence-corrected chi connectivity index (χ0v) is 31.6. The van der Waals surface area contributed by atoms with Gasteiger partial charge in [-0.05, 0) is 81.5 Å². The fraction of sp³-hybridized carbons (Fsp3) is 0.359. The monoisotopic (exact) mass is 812 g/mol. The Bertz CT molecular complexity index is 2480. The number of rotatable bonds is 11. The lowest BCUT2D eigenvalue weighted by molar-refractivity contribution is -0.123. The first-order valence-electron chi connectivity index (χ1n) is 17.7. The molecule has 3 heterocycles. The van der Waals surface area contributed by atoms with Gasteiger partial charge in [0.05, 0.1) is 34.2 Å². The van der Waals surface area contributed by atoms with Gasteiger partial charge < -0.3 is 21.1 Å². The summed E-state index contributed by atoms with van der Waals surface area (Å²) in [7, 11) is 3.20. The average molecular weight is 813 g/mol. The van der Waals surface area contributed by atoms with Crippen LogP contribution in [0.4, 0.5) is 32.2 Å². The van der Waals surface area contributed by atoms with Crippen LogP contribution in [0.2, 0.25) is 5.02 Å². The number of anilines is 1. The second-order valence-corrected chi connectivity index (χ2v) is 15.0. The van der Waals surface area contributed by atoms with E-state index in [4.69, 9.17) is 16.6 Å². The standard InChI is InChI=1S/C39H35ClF6N8O3/c1-38(2,57)10-9-21-5-6-22(23-7-8-26(40)31-34(23)53(4)52-37(31)50-28(55)16-47-3)32(48-21)27(13-18-11-19(41)14-20(42)12-18)49-29(56)17-54-35-30(33(51-54)36(43)44)24-15-25(24)39(35,45)46/h5-8,11-12,14,24-25,27,36,47,57H,13,15-17H2,1-4H3,(H,49,56)(H,50,52,55)/t24-,25+,27-/m0/s1. The summed E-state index contributed by atoms with van der Waals surface area (Å²) >= 11 is 6.67. The van der Waals surface area contributed by atoms with E-state index in [1.807, 2.05) is 0 Å². The number of aliphatic hydroxyl groups is 1. The van der Waals surface area contributed by atoms with Gasteiger partial charge in [-0.2, -0.15) is 19.0 Å². The molecule has 1 saturated carbocycles. The molecular weight excluding hydrogens is 778 g/mol. The van der Waals surface area contributed by atoms with E-state index >= 15 is 8.78 Å². The highest BCUT2D eigenvalue weighted by Gasteiger charge is 2.67. The number of amides is 2. The third-order valence-electron chi connectivity index (χ3n) is 9.73. The minimum atomic E-state index is -3.49. The van der Waals surface area contributed by atoms with E-state index in [2.05, 4.69) is 38.0 Å². The maximum atomic E-state index is 15.4. The van der Waals surface area contributed by atoms with Crippen molar-refractivity contribution < 1.29 is 41.0 Å². The molecule has 0 aliphatic heterocycles. The van der Waals surface area contributed by atoms with Crippen LogP contribution in [0, 0.1) is 29.4 Å². The van der Waals surface area contributed by atoms with Crippen LogP contribution in [0.25, 0.3) is 22.0 Å². The molecule has 0 saturated heterocycles. The SMILES string of the molecule is CNCC(=O)Nc1nn(C)c2c(-c3ccc(C#CC(C)(C)O)nc3[C@H](Cc3cc(F)cc(F)c3)NC(=O)Cn3nc(C(F)F)c4c3C(F)(F)[C@@H]3C[C@H]43)ccc(Cl)c12. The second kappa shape index (κ2) is 14.8. The first-order chi connectivity index (χ1) is 26.9. The van der Waals surface area contributed by atoms with Crippen LogP contribution in [-0.2, 0) is 35.5 Å². The summed E-state index contributed by atoms with van der Waals surface area (Å²) < 4.78 is 90.1. The Hall–Kier alpha value is -5.44. The van der Waals surface area contributed by atoms with Gasteiger partial charge >= 0.3 is 0 Å². The molecule has 4 N–H and O–H groups in total. The average Bonchev–Trinajstić information content (AvgIpc) is 3.65. The van der Waals surface area contributed by atoms with E-state index < -0.39 is 77.2 Å². The van der Waals surface area contributed by atoms with Gasteiger partial charge in [-0.25, -0.2) is 22.5 Å². The first-order valence-corrected chi connectivity index (χ1v) is 18.1. The number of aryl methyl sites for hydroxylation is 1. The molecule has 0 radical (unpaired) electrons. The lowest BCUT2D eigenvalue weighted by Crippen LogP contribution is -2.35. The topological polar surface area (TPSA) is 139 Å². The van der Waals surface area contributed by atoms with Crippen molar-refractivity contribution in [3.63, 3.8) is 0 Å². The molecule has 0 unspecified atom stereocenters. The summed E-state index contributed by atoms with van der Waals surface area (Å²) in [6, 6.07) is 7.82. The number of nitrogens with zero attached hydrogens (tertiary/aromatic N) is 5. The van der Waals surface area contributed by atoms with Gasteiger partial charge in [-0.1, -0.05) is 23.6 Å². The van der Waals surface area contributed by atoms with Crippen molar-refractivity contribution in [3.05, 3.63) is 93.0 Å². The molecule has 2 amide bonds. The van der Waals surface area contributed by atoms with Crippen LogP contribution < -0.4 is 16.0 Å². The molecular formula is C39H35ClF6N8O3. The van der Waals surface area contributed by atoms with E-state index in [1.54, 1.807) is 32.3 Å². The number of hydrogen-bond acceptors (Lipinski definition) is 7. The highest BCUT2D eigenvalue weighted by atomic mass is 35.5. The largest absolute Gasteiger partial charge is 0.378 e. The minimum Gasteiger partial charge on any atom is -0.378 e. The van der Waals surface area contributed by atoms with E-state index in [9.17, 15) is 32.3 Å². The Balaban J connectivity index is 1.37. The van der Waals surface area contributed by atoms with Gasteiger partial charge in [0.15, 0.2) is 5.82 Å². The Morgan fingerprint density at radius 1 is 1.05 bits per heavy atom. The maximum Gasteiger partial charge on any atom is 0.293 e. The predicted octanol–water partition coefficient (Wildman–Crippen LogP) is 6.29. The number of aromatic nitrogens is 5. The van der Waals surface area contributed by atoms with Crippen molar-refractivity contribution in [1.29, 1.82) is 0 Å². The van der Waals surface area contributed by atoms with E-state index in [0.717, 1.165) is 12.1 Å². The van der Waals surface area contributed by atoms with Crippen molar-refractivity contribution in [2.24, 2.45) is 13.0 Å². The number of carbonyl (C=O) groups excluding carboxylic acids is 2. The van der Waals surface area contributed by atoms with E-state index in [0.29, 0.717) is 32.8 Å². The Morgan fingerprint density at radius 2 is 1.75 bits per heavy atom. The zero-order valence-electron chi connectivity index (χ0n) is 30.8. The van der Waals surface area contributed by atoms with Crippen molar-refractivity contribution in [2.75, 3.05) is 18.9 Å². The van der Waals surface area contributed by atoms with Crippen molar-refractivity contribution >= 4 is 40.1 Å². The Morgan fingerprint density at radius 3 is 2.42 bits per heavy atom. The number of nitrogens with one attached hydrogen (secondary N) is 3. The van der Waals surface area contributed by atoms with Gasteiger partial charge in [0, 0.05) is 35.7 Å². The highest BCUT2D eigenvalue weighted by molar-refractivity contribution is 6.37. The van der Waals surface area contributed by atoms with Crippen LogP contribution in [0.3, 0.4) is 0 Å². The molecule has 0 spiro atoms. The Kier molecular flexibility index (Phi) is 10.3. The highest BCUT2D eigenvalue weighted by Crippen LogP contribution is 2.68. The normalized spacial score (nSPS) is 17.2. The van der Waals surface area contributed by atoms with Crippen LogP contribution >= 0.6 is 11.6 Å². The van der Waals surface area contributed by atoms with E-state index in [1.165, 1.54) is 24.6 Å². The van der Waals surface area contributed by atoms with Crippen LogP contribution in [0.5, 0.6) is 0 Å².